The van der Waals surface area contributed by atoms with E-state index in [4.69, 9.17) is 17.3 Å². The Bertz CT molecular complexity index is 529. The molecule has 1 aromatic heterocycles. The average Bonchev–Trinajstić information content (AvgIpc) is 2.46. The fourth-order valence-corrected chi connectivity index (χ4v) is 2.44. The lowest BCUT2D eigenvalue weighted by atomic mass is 9.96. The summed E-state index contributed by atoms with van der Waals surface area (Å²) in [5.41, 5.74) is 5.27. The molecule has 1 aliphatic heterocycles. The zero-order valence-corrected chi connectivity index (χ0v) is 11.5. The molecule has 1 aliphatic rings. The molecule has 0 aromatic carbocycles. The molecule has 0 bridgehead atoms. The van der Waals surface area contributed by atoms with Gasteiger partial charge in [0.1, 0.15) is 16.9 Å². The first-order valence-electron chi connectivity index (χ1n) is 6.32. The second-order valence-corrected chi connectivity index (χ2v) is 5.14. The van der Waals surface area contributed by atoms with Crippen molar-refractivity contribution in [2.45, 2.75) is 12.8 Å². The van der Waals surface area contributed by atoms with E-state index in [-0.39, 0.29) is 22.3 Å². The van der Waals surface area contributed by atoms with Gasteiger partial charge in [-0.05, 0) is 31.4 Å². The van der Waals surface area contributed by atoms with Gasteiger partial charge < -0.3 is 10.6 Å². The standard InChI is InChI=1S/C12H15ClN4O3/c13-11-5-9(10(7-15-11)17(19)20)12(18)16-3-1-8(6-14)2-4-16/h5,7-8H,1-4,6,14H2. The van der Waals surface area contributed by atoms with E-state index in [1.807, 2.05) is 0 Å². The Morgan fingerprint density at radius 1 is 1.55 bits per heavy atom. The van der Waals surface area contributed by atoms with Gasteiger partial charge in [-0.1, -0.05) is 11.6 Å². The van der Waals surface area contributed by atoms with Gasteiger partial charge in [0.05, 0.1) is 4.92 Å². The van der Waals surface area contributed by atoms with Crippen LogP contribution in [0.4, 0.5) is 5.69 Å². The van der Waals surface area contributed by atoms with Gasteiger partial charge in [0.25, 0.3) is 11.6 Å². The molecular weight excluding hydrogens is 284 g/mol. The topological polar surface area (TPSA) is 102 Å². The van der Waals surface area contributed by atoms with Crippen molar-refractivity contribution in [2.75, 3.05) is 19.6 Å². The number of nitro groups is 1. The van der Waals surface area contributed by atoms with Gasteiger partial charge in [-0.2, -0.15) is 0 Å². The number of halogens is 1. The Morgan fingerprint density at radius 2 is 2.20 bits per heavy atom. The number of carbonyl (C=O) groups excluding carboxylic acids is 1. The van der Waals surface area contributed by atoms with Crippen LogP contribution in [0.2, 0.25) is 5.15 Å². The van der Waals surface area contributed by atoms with E-state index in [1.165, 1.54) is 6.07 Å². The predicted molar refractivity (Wildman–Crippen MR) is 73.6 cm³/mol. The van der Waals surface area contributed by atoms with Crippen molar-refractivity contribution >= 4 is 23.2 Å². The van der Waals surface area contributed by atoms with E-state index in [0.29, 0.717) is 25.6 Å². The van der Waals surface area contributed by atoms with E-state index < -0.39 is 4.92 Å². The number of likely N-dealkylation sites (tertiary alicyclic amines) is 1. The highest BCUT2D eigenvalue weighted by atomic mass is 35.5. The molecule has 1 fully saturated rings. The van der Waals surface area contributed by atoms with Crippen molar-refractivity contribution in [1.82, 2.24) is 9.88 Å². The molecule has 0 radical (unpaired) electrons. The number of aromatic nitrogens is 1. The number of rotatable bonds is 3. The molecule has 0 spiro atoms. The normalized spacial score (nSPS) is 16.2. The lowest BCUT2D eigenvalue weighted by Gasteiger charge is -2.31. The van der Waals surface area contributed by atoms with Gasteiger partial charge in [-0.25, -0.2) is 4.98 Å². The molecule has 0 atom stereocenters. The molecule has 20 heavy (non-hydrogen) atoms. The summed E-state index contributed by atoms with van der Waals surface area (Å²) < 4.78 is 0. The minimum Gasteiger partial charge on any atom is -0.338 e. The van der Waals surface area contributed by atoms with Crippen molar-refractivity contribution in [3.05, 3.63) is 33.1 Å². The number of nitrogens with zero attached hydrogens (tertiary/aromatic N) is 3. The summed E-state index contributed by atoms with van der Waals surface area (Å²) in [7, 11) is 0. The van der Waals surface area contributed by atoms with Crippen LogP contribution >= 0.6 is 11.6 Å². The lowest BCUT2D eigenvalue weighted by Crippen LogP contribution is -2.40. The maximum Gasteiger partial charge on any atom is 0.300 e. The number of amides is 1. The molecule has 7 nitrogen and oxygen atoms in total. The van der Waals surface area contributed by atoms with Crippen LogP contribution in [0.25, 0.3) is 0 Å². The summed E-state index contributed by atoms with van der Waals surface area (Å²) in [6.07, 6.45) is 2.64. The largest absolute Gasteiger partial charge is 0.338 e. The summed E-state index contributed by atoms with van der Waals surface area (Å²) in [6, 6.07) is 1.25. The Kier molecular flexibility index (Phi) is 4.51. The monoisotopic (exact) mass is 298 g/mol. The quantitative estimate of drug-likeness (QED) is 0.517. The van der Waals surface area contributed by atoms with Crippen molar-refractivity contribution in [3.8, 4) is 0 Å². The molecule has 1 saturated heterocycles. The van der Waals surface area contributed by atoms with Crippen LogP contribution in [0.3, 0.4) is 0 Å². The number of hydrogen-bond donors (Lipinski definition) is 1. The van der Waals surface area contributed by atoms with Crippen molar-refractivity contribution in [2.24, 2.45) is 11.7 Å². The third-order valence-electron chi connectivity index (χ3n) is 3.51. The molecule has 8 heteroatoms. The van der Waals surface area contributed by atoms with E-state index in [0.717, 1.165) is 19.0 Å². The first kappa shape index (κ1) is 14.7. The van der Waals surface area contributed by atoms with Gasteiger partial charge in [-0.3, -0.25) is 14.9 Å². The second-order valence-electron chi connectivity index (χ2n) is 4.75. The number of nitrogens with two attached hydrogens (primary N) is 1. The van der Waals surface area contributed by atoms with Gasteiger partial charge in [-0.15, -0.1) is 0 Å². The van der Waals surface area contributed by atoms with Gasteiger partial charge in [0.2, 0.25) is 0 Å². The molecule has 108 valence electrons. The first-order valence-corrected chi connectivity index (χ1v) is 6.70. The van der Waals surface area contributed by atoms with Crippen molar-refractivity contribution in [3.63, 3.8) is 0 Å². The van der Waals surface area contributed by atoms with Crippen LogP contribution in [-0.4, -0.2) is 40.3 Å². The second kappa shape index (κ2) is 6.15. The molecule has 2 N–H and O–H groups in total. The third kappa shape index (κ3) is 3.05. The molecule has 0 saturated carbocycles. The number of pyridine rings is 1. The molecule has 0 aliphatic carbocycles. The number of hydrogen-bond acceptors (Lipinski definition) is 5. The average molecular weight is 299 g/mol. The summed E-state index contributed by atoms with van der Waals surface area (Å²) in [4.78, 5) is 28.0. The lowest BCUT2D eigenvalue weighted by molar-refractivity contribution is -0.385. The predicted octanol–water partition coefficient (Wildman–Crippen LogP) is 1.45. The van der Waals surface area contributed by atoms with Crippen molar-refractivity contribution in [1.29, 1.82) is 0 Å². The highest BCUT2D eigenvalue weighted by molar-refractivity contribution is 6.29. The summed E-state index contributed by atoms with van der Waals surface area (Å²) in [5.74, 6) is 0.0338. The highest BCUT2D eigenvalue weighted by Gasteiger charge is 2.28. The van der Waals surface area contributed by atoms with Crippen LogP contribution in [0.5, 0.6) is 0 Å². The van der Waals surface area contributed by atoms with Crippen LogP contribution in [0.1, 0.15) is 23.2 Å². The van der Waals surface area contributed by atoms with E-state index >= 15 is 0 Å². The minimum atomic E-state index is -0.622. The van der Waals surface area contributed by atoms with Crippen LogP contribution in [-0.2, 0) is 0 Å². The summed E-state index contributed by atoms with van der Waals surface area (Å²) in [5, 5.41) is 11.0. The fraction of sp³-hybridized carbons (Fsp3) is 0.500. The molecular formula is C12H15ClN4O3. The minimum absolute atomic E-state index is 0.0128. The fourth-order valence-electron chi connectivity index (χ4n) is 2.28. The van der Waals surface area contributed by atoms with Gasteiger partial charge in [0, 0.05) is 13.1 Å². The molecule has 2 rings (SSSR count). The van der Waals surface area contributed by atoms with Crippen molar-refractivity contribution < 1.29 is 9.72 Å². The van der Waals surface area contributed by atoms with Crippen LogP contribution in [0, 0.1) is 16.0 Å². The molecule has 0 unspecified atom stereocenters. The Labute approximate surface area is 120 Å². The zero-order valence-electron chi connectivity index (χ0n) is 10.8. The van der Waals surface area contributed by atoms with E-state index in [9.17, 15) is 14.9 Å². The smallest absolute Gasteiger partial charge is 0.300 e. The SMILES string of the molecule is NCC1CCN(C(=O)c2cc(Cl)ncc2[N+](=O)[O-])CC1. The van der Waals surface area contributed by atoms with Crippen LogP contribution in [0.15, 0.2) is 12.3 Å². The number of piperidine rings is 1. The molecule has 1 amide bonds. The Balaban J connectivity index is 2.21. The Morgan fingerprint density at radius 3 is 2.75 bits per heavy atom. The molecule has 1 aromatic rings. The zero-order chi connectivity index (χ0) is 14.7. The summed E-state index contributed by atoms with van der Waals surface area (Å²) in [6.45, 7) is 1.71. The van der Waals surface area contributed by atoms with E-state index in [2.05, 4.69) is 4.98 Å². The summed E-state index contributed by atoms with van der Waals surface area (Å²) >= 11 is 5.73. The van der Waals surface area contributed by atoms with Gasteiger partial charge >= 0.3 is 0 Å². The maximum absolute atomic E-state index is 12.4. The molecule has 2 heterocycles. The Hall–Kier alpha value is -1.73. The van der Waals surface area contributed by atoms with Crippen LogP contribution < -0.4 is 5.73 Å². The third-order valence-corrected chi connectivity index (χ3v) is 3.72. The highest BCUT2D eigenvalue weighted by Crippen LogP contribution is 2.24. The maximum atomic E-state index is 12.4. The van der Waals surface area contributed by atoms with Gasteiger partial charge in [0.15, 0.2) is 0 Å². The first-order chi connectivity index (χ1) is 9.52. The van der Waals surface area contributed by atoms with E-state index in [1.54, 1.807) is 4.90 Å². The number of carbonyl (C=O) groups is 1.